The van der Waals surface area contributed by atoms with E-state index in [0.29, 0.717) is 0 Å². The molecule has 4 heterocycles. The molecule has 1 saturated carbocycles. The molecule has 0 aliphatic heterocycles. The van der Waals surface area contributed by atoms with Crippen molar-refractivity contribution in [2.75, 3.05) is 10.6 Å². The largest absolute Gasteiger partial charge is 0.400 e. The first-order valence-corrected chi connectivity index (χ1v) is 10.2. The molecule has 4 aromatic rings. The topological polar surface area (TPSA) is 115 Å². The molecular formula is C18H12Cl2F3N9O. The third-order valence-electron chi connectivity index (χ3n) is 5.17. The number of nitrogens with one attached hydrogen (secondary N) is 2. The molecule has 15 heteroatoms. The van der Waals surface area contributed by atoms with Gasteiger partial charge in [0.25, 0.3) is 0 Å². The number of carbonyl (C=O) groups is 1. The standard InChI is InChI=1S/C18H12Cl2F3N9O/c19-10-5-9(7-25-15(10)31-4-3-26-30-31)27-16(33)28-11-8-24-13-6-12(20)29-32(13)14(11)17(1-2-17)18(21,22)23/h3-8H,1-2H2,(H2,27,28,33). The first-order chi connectivity index (χ1) is 15.7. The average molecular weight is 498 g/mol. The monoisotopic (exact) mass is 497 g/mol. The second-order valence-electron chi connectivity index (χ2n) is 7.29. The maximum absolute atomic E-state index is 13.9. The van der Waals surface area contributed by atoms with Gasteiger partial charge in [-0.05, 0) is 18.9 Å². The zero-order chi connectivity index (χ0) is 23.4. The van der Waals surface area contributed by atoms with Gasteiger partial charge in [0.1, 0.15) is 5.41 Å². The molecular weight excluding hydrogens is 486 g/mol. The van der Waals surface area contributed by atoms with Crippen LogP contribution in [0, 0.1) is 0 Å². The predicted molar refractivity (Wildman–Crippen MR) is 112 cm³/mol. The second kappa shape index (κ2) is 7.56. The molecule has 33 heavy (non-hydrogen) atoms. The fourth-order valence-electron chi connectivity index (χ4n) is 3.51. The molecule has 0 spiro atoms. The lowest BCUT2D eigenvalue weighted by atomic mass is 10.00. The highest BCUT2D eigenvalue weighted by Crippen LogP contribution is 2.60. The van der Waals surface area contributed by atoms with Gasteiger partial charge < -0.3 is 10.6 Å². The van der Waals surface area contributed by atoms with Gasteiger partial charge >= 0.3 is 12.2 Å². The number of fused-ring (bicyclic) bond motifs is 1. The Labute approximate surface area is 192 Å². The van der Waals surface area contributed by atoms with Crippen LogP contribution < -0.4 is 10.6 Å². The van der Waals surface area contributed by atoms with E-state index in [-0.39, 0.29) is 51.6 Å². The lowest BCUT2D eigenvalue weighted by molar-refractivity contribution is -0.161. The molecule has 0 unspecified atom stereocenters. The third kappa shape index (κ3) is 3.72. The minimum atomic E-state index is -4.55. The van der Waals surface area contributed by atoms with Crippen molar-refractivity contribution in [3.8, 4) is 5.82 Å². The second-order valence-corrected chi connectivity index (χ2v) is 8.09. The number of halogens is 5. The molecule has 2 N–H and O–H groups in total. The summed E-state index contributed by atoms with van der Waals surface area (Å²) in [6, 6.07) is 1.94. The number of nitrogens with zero attached hydrogens (tertiary/aromatic N) is 7. The Bertz CT molecular complexity index is 1370. The van der Waals surface area contributed by atoms with Crippen LogP contribution in [0.3, 0.4) is 0 Å². The van der Waals surface area contributed by atoms with E-state index in [1.54, 1.807) is 0 Å². The van der Waals surface area contributed by atoms with Crippen molar-refractivity contribution in [2.24, 2.45) is 0 Å². The van der Waals surface area contributed by atoms with Gasteiger partial charge in [0.2, 0.25) is 0 Å². The summed E-state index contributed by atoms with van der Waals surface area (Å²) >= 11 is 12.1. The number of hydrogen-bond donors (Lipinski definition) is 2. The summed E-state index contributed by atoms with van der Waals surface area (Å²) in [5, 5.41) is 16.4. The number of pyridine rings is 1. The number of rotatable bonds is 4. The summed E-state index contributed by atoms with van der Waals surface area (Å²) < 4.78 is 44.1. The van der Waals surface area contributed by atoms with Crippen molar-refractivity contribution in [1.29, 1.82) is 0 Å². The van der Waals surface area contributed by atoms with Crippen molar-refractivity contribution in [3.05, 3.63) is 52.8 Å². The summed E-state index contributed by atoms with van der Waals surface area (Å²) in [7, 11) is 0. The zero-order valence-corrected chi connectivity index (χ0v) is 17.8. The Morgan fingerprint density at radius 2 is 1.91 bits per heavy atom. The van der Waals surface area contributed by atoms with E-state index >= 15 is 0 Å². The van der Waals surface area contributed by atoms with Crippen LogP contribution in [-0.2, 0) is 5.41 Å². The van der Waals surface area contributed by atoms with Crippen LogP contribution in [0.15, 0.2) is 36.9 Å². The highest BCUT2D eigenvalue weighted by atomic mass is 35.5. The highest BCUT2D eigenvalue weighted by molar-refractivity contribution is 6.32. The van der Waals surface area contributed by atoms with Gasteiger partial charge in [0.15, 0.2) is 16.6 Å². The van der Waals surface area contributed by atoms with Gasteiger partial charge in [-0.15, -0.1) is 5.10 Å². The van der Waals surface area contributed by atoms with E-state index in [4.69, 9.17) is 23.2 Å². The van der Waals surface area contributed by atoms with Gasteiger partial charge in [-0.25, -0.2) is 24.0 Å². The fraction of sp³-hybridized carbons (Fsp3) is 0.222. The first-order valence-electron chi connectivity index (χ1n) is 9.40. The first kappa shape index (κ1) is 21.4. The van der Waals surface area contributed by atoms with E-state index in [1.165, 1.54) is 35.4 Å². The Hall–Kier alpha value is -3.45. The summed E-state index contributed by atoms with van der Waals surface area (Å²) in [5.41, 5.74) is -2.20. The van der Waals surface area contributed by atoms with E-state index in [1.807, 2.05) is 0 Å². The van der Waals surface area contributed by atoms with Crippen LogP contribution in [0.25, 0.3) is 11.5 Å². The lowest BCUT2D eigenvalue weighted by Crippen LogP contribution is -2.33. The number of anilines is 2. The van der Waals surface area contributed by atoms with Crippen LogP contribution >= 0.6 is 23.2 Å². The summed E-state index contributed by atoms with van der Waals surface area (Å²) in [6.45, 7) is 0. The lowest BCUT2D eigenvalue weighted by Gasteiger charge is -2.23. The minimum absolute atomic E-state index is 0.0171. The summed E-state index contributed by atoms with van der Waals surface area (Å²) in [5.74, 6) is 0.286. The van der Waals surface area contributed by atoms with Crippen molar-refractivity contribution < 1.29 is 18.0 Å². The summed E-state index contributed by atoms with van der Waals surface area (Å²) in [6.07, 6.45) is 0.596. The van der Waals surface area contributed by atoms with E-state index in [2.05, 4.69) is 36.0 Å². The number of aromatic nitrogens is 7. The smallest absolute Gasteiger partial charge is 0.306 e. The Kier molecular flexibility index (Phi) is 4.90. The molecule has 4 aromatic heterocycles. The van der Waals surface area contributed by atoms with Gasteiger partial charge in [-0.1, -0.05) is 28.4 Å². The number of carbonyl (C=O) groups excluding carboxylic acids is 1. The molecule has 5 rings (SSSR count). The van der Waals surface area contributed by atoms with Crippen LogP contribution in [-0.4, -0.2) is 46.8 Å². The van der Waals surface area contributed by atoms with Crippen molar-refractivity contribution in [1.82, 2.24) is 34.6 Å². The van der Waals surface area contributed by atoms with Crippen molar-refractivity contribution in [2.45, 2.75) is 24.4 Å². The number of alkyl halides is 3. The fourth-order valence-corrected chi connectivity index (χ4v) is 3.94. The van der Waals surface area contributed by atoms with E-state index < -0.39 is 17.6 Å². The Morgan fingerprint density at radius 3 is 2.55 bits per heavy atom. The summed E-state index contributed by atoms with van der Waals surface area (Å²) in [4.78, 5) is 20.8. The third-order valence-corrected chi connectivity index (χ3v) is 5.63. The quantitative estimate of drug-likeness (QED) is 0.435. The Balaban J connectivity index is 1.44. The molecule has 0 saturated heterocycles. The normalized spacial score (nSPS) is 14.9. The van der Waals surface area contributed by atoms with Crippen molar-refractivity contribution in [3.63, 3.8) is 0 Å². The van der Waals surface area contributed by atoms with Gasteiger partial charge in [0.05, 0.1) is 46.9 Å². The minimum Gasteiger partial charge on any atom is -0.306 e. The molecule has 0 radical (unpaired) electrons. The predicted octanol–water partition coefficient (Wildman–Crippen LogP) is 4.25. The molecule has 10 nitrogen and oxygen atoms in total. The molecule has 170 valence electrons. The van der Waals surface area contributed by atoms with E-state index in [0.717, 1.165) is 10.7 Å². The highest BCUT2D eigenvalue weighted by Gasteiger charge is 2.66. The molecule has 0 bridgehead atoms. The maximum Gasteiger partial charge on any atom is 0.400 e. The molecule has 2 amide bonds. The van der Waals surface area contributed by atoms with Crippen LogP contribution in [0.2, 0.25) is 10.2 Å². The van der Waals surface area contributed by atoms with E-state index in [9.17, 15) is 18.0 Å². The van der Waals surface area contributed by atoms with Crippen LogP contribution in [0.5, 0.6) is 0 Å². The Morgan fingerprint density at radius 1 is 1.12 bits per heavy atom. The number of urea groups is 1. The van der Waals surface area contributed by atoms with Crippen LogP contribution in [0.4, 0.5) is 29.3 Å². The number of amides is 2. The number of hydrogen-bond acceptors (Lipinski definition) is 6. The molecule has 1 aliphatic rings. The maximum atomic E-state index is 13.9. The van der Waals surface area contributed by atoms with Crippen LogP contribution in [0.1, 0.15) is 18.5 Å². The molecule has 1 fully saturated rings. The zero-order valence-electron chi connectivity index (χ0n) is 16.3. The molecule has 0 atom stereocenters. The SMILES string of the molecule is O=C(Nc1cnc(-n2ccnn2)c(Cl)c1)Nc1cnc2cc(Cl)nn2c1C1(C(F)(F)F)CC1. The van der Waals surface area contributed by atoms with Gasteiger partial charge in [-0.3, -0.25) is 0 Å². The molecule has 1 aliphatic carbocycles. The van der Waals surface area contributed by atoms with Gasteiger partial charge in [-0.2, -0.15) is 18.3 Å². The van der Waals surface area contributed by atoms with Gasteiger partial charge in [0, 0.05) is 6.07 Å². The average Bonchev–Trinajstić information content (AvgIpc) is 3.20. The van der Waals surface area contributed by atoms with Crippen molar-refractivity contribution >= 4 is 46.3 Å². The molecule has 0 aromatic carbocycles.